The summed E-state index contributed by atoms with van der Waals surface area (Å²) in [6.07, 6.45) is 3.28. The van der Waals surface area contributed by atoms with E-state index in [9.17, 15) is 8.42 Å². The molecule has 0 radical (unpaired) electrons. The normalized spacial score (nSPS) is 11.3. The average Bonchev–Trinajstić information content (AvgIpc) is 2.31. The van der Waals surface area contributed by atoms with E-state index in [1.54, 1.807) is 0 Å². The summed E-state index contributed by atoms with van der Waals surface area (Å²) in [6.45, 7) is 3.60. The Kier molecular flexibility index (Phi) is 6.26. The standard InChI is InChI=1S/C10H18ClN5O2S/c1-3-12-10-14-7-8(11)9(16-10)13-5-4-6-15-19(2,17)18/h7,15H,3-6H2,1-2H3,(H2,12,13,14,16). The highest BCUT2D eigenvalue weighted by Crippen LogP contribution is 2.18. The number of hydrogen-bond donors (Lipinski definition) is 3. The van der Waals surface area contributed by atoms with Crippen molar-refractivity contribution in [2.24, 2.45) is 0 Å². The predicted octanol–water partition coefficient (Wildman–Crippen LogP) is 0.913. The summed E-state index contributed by atoms with van der Waals surface area (Å²) in [5, 5.41) is 6.45. The van der Waals surface area contributed by atoms with E-state index in [1.807, 2.05) is 6.92 Å². The van der Waals surface area contributed by atoms with Gasteiger partial charge >= 0.3 is 0 Å². The molecular weight excluding hydrogens is 290 g/mol. The van der Waals surface area contributed by atoms with Crippen molar-refractivity contribution in [3.05, 3.63) is 11.2 Å². The fourth-order valence-electron chi connectivity index (χ4n) is 1.29. The third-order valence-electron chi connectivity index (χ3n) is 2.09. The lowest BCUT2D eigenvalue weighted by Gasteiger charge is -2.09. The van der Waals surface area contributed by atoms with Crippen LogP contribution in [0.1, 0.15) is 13.3 Å². The number of hydrogen-bond acceptors (Lipinski definition) is 6. The van der Waals surface area contributed by atoms with Crippen molar-refractivity contribution >= 4 is 33.4 Å². The Morgan fingerprint density at radius 3 is 2.68 bits per heavy atom. The Morgan fingerprint density at radius 1 is 1.32 bits per heavy atom. The van der Waals surface area contributed by atoms with Gasteiger partial charge in [0, 0.05) is 19.6 Å². The molecule has 0 amide bonds. The van der Waals surface area contributed by atoms with Crippen molar-refractivity contribution in [2.75, 3.05) is 36.5 Å². The van der Waals surface area contributed by atoms with Gasteiger partial charge in [0.05, 0.1) is 12.5 Å². The molecule has 0 unspecified atom stereocenters. The molecule has 0 bridgehead atoms. The molecule has 9 heteroatoms. The van der Waals surface area contributed by atoms with Crippen LogP contribution in [0.5, 0.6) is 0 Å². The summed E-state index contributed by atoms with van der Waals surface area (Å²) in [5.74, 6) is 1.04. The van der Waals surface area contributed by atoms with Gasteiger partial charge in [-0.05, 0) is 13.3 Å². The smallest absolute Gasteiger partial charge is 0.224 e. The predicted molar refractivity (Wildman–Crippen MR) is 77.2 cm³/mol. The van der Waals surface area contributed by atoms with Crippen molar-refractivity contribution in [2.45, 2.75) is 13.3 Å². The van der Waals surface area contributed by atoms with Crippen LogP contribution < -0.4 is 15.4 Å². The molecule has 0 spiro atoms. The molecule has 7 nitrogen and oxygen atoms in total. The van der Waals surface area contributed by atoms with E-state index in [2.05, 4.69) is 25.3 Å². The molecule has 0 aliphatic heterocycles. The van der Waals surface area contributed by atoms with Crippen LogP contribution in [0.15, 0.2) is 6.20 Å². The minimum atomic E-state index is -3.13. The van der Waals surface area contributed by atoms with Crippen LogP contribution in [0.4, 0.5) is 11.8 Å². The van der Waals surface area contributed by atoms with Crippen molar-refractivity contribution < 1.29 is 8.42 Å². The quantitative estimate of drug-likeness (QED) is 0.618. The van der Waals surface area contributed by atoms with Gasteiger partial charge in [0.25, 0.3) is 0 Å². The number of rotatable bonds is 8. The Bertz CT molecular complexity index is 509. The number of anilines is 2. The van der Waals surface area contributed by atoms with E-state index in [4.69, 9.17) is 11.6 Å². The first kappa shape index (κ1) is 15.9. The highest BCUT2D eigenvalue weighted by Gasteiger charge is 2.04. The van der Waals surface area contributed by atoms with E-state index in [-0.39, 0.29) is 0 Å². The zero-order valence-electron chi connectivity index (χ0n) is 10.9. The van der Waals surface area contributed by atoms with Crippen LogP contribution >= 0.6 is 11.6 Å². The Morgan fingerprint density at radius 2 is 2.05 bits per heavy atom. The fourth-order valence-corrected chi connectivity index (χ4v) is 1.96. The monoisotopic (exact) mass is 307 g/mol. The SMILES string of the molecule is CCNc1ncc(Cl)c(NCCCNS(C)(=O)=O)n1. The van der Waals surface area contributed by atoms with E-state index >= 15 is 0 Å². The summed E-state index contributed by atoms with van der Waals surface area (Å²) < 4.78 is 24.1. The molecule has 0 atom stereocenters. The van der Waals surface area contributed by atoms with Crippen molar-refractivity contribution in [1.29, 1.82) is 0 Å². The lowest BCUT2D eigenvalue weighted by molar-refractivity contribution is 0.586. The van der Waals surface area contributed by atoms with Gasteiger partial charge in [0.2, 0.25) is 16.0 Å². The summed E-state index contributed by atoms with van der Waals surface area (Å²) in [6, 6.07) is 0. The van der Waals surface area contributed by atoms with Crippen LogP contribution in [0.3, 0.4) is 0 Å². The molecule has 19 heavy (non-hydrogen) atoms. The minimum absolute atomic E-state index is 0.370. The highest BCUT2D eigenvalue weighted by atomic mass is 35.5. The molecule has 0 aliphatic rings. The van der Waals surface area contributed by atoms with E-state index in [0.29, 0.717) is 36.3 Å². The Balaban J connectivity index is 2.42. The summed E-state index contributed by atoms with van der Waals surface area (Å²) in [5.41, 5.74) is 0. The maximum Gasteiger partial charge on any atom is 0.224 e. The molecule has 1 rings (SSSR count). The molecule has 0 saturated heterocycles. The lowest BCUT2D eigenvalue weighted by atomic mass is 10.4. The van der Waals surface area contributed by atoms with Gasteiger partial charge in [-0.15, -0.1) is 0 Å². The molecule has 3 N–H and O–H groups in total. The molecular formula is C10H18ClN5O2S. The van der Waals surface area contributed by atoms with E-state index in [0.717, 1.165) is 12.8 Å². The summed E-state index contributed by atoms with van der Waals surface area (Å²) in [4.78, 5) is 8.22. The molecule has 108 valence electrons. The van der Waals surface area contributed by atoms with Gasteiger partial charge in [0.15, 0.2) is 0 Å². The zero-order valence-corrected chi connectivity index (χ0v) is 12.5. The topological polar surface area (TPSA) is 96.0 Å². The molecule has 0 fully saturated rings. The van der Waals surface area contributed by atoms with Gasteiger partial charge in [0.1, 0.15) is 10.8 Å². The first-order chi connectivity index (χ1) is 8.92. The zero-order chi connectivity index (χ0) is 14.3. The second-order valence-electron chi connectivity index (χ2n) is 3.87. The number of sulfonamides is 1. The largest absolute Gasteiger partial charge is 0.369 e. The van der Waals surface area contributed by atoms with Crippen LogP contribution in [0.2, 0.25) is 5.02 Å². The van der Waals surface area contributed by atoms with Gasteiger partial charge in [-0.3, -0.25) is 0 Å². The van der Waals surface area contributed by atoms with Crippen molar-refractivity contribution in [3.8, 4) is 0 Å². The maximum absolute atomic E-state index is 10.9. The molecule has 1 heterocycles. The molecule has 0 aliphatic carbocycles. The van der Waals surface area contributed by atoms with Gasteiger partial charge in [-0.25, -0.2) is 18.1 Å². The van der Waals surface area contributed by atoms with Crippen LogP contribution in [0.25, 0.3) is 0 Å². The maximum atomic E-state index is 10.9. The highest BCUT2D eigenvalue weighted by molar-refractivity contribution is 7.88. The summed E-state index contributed by atoms with van der Waals surface area (Å²) in [7, 11) is -3.13. The van der Waals surface area contributed by atoms with Crippen LogP contribution in [0, 0.1) is 0 Å². The van der Waals surface area contributed by atoms with E-state index < -0.39 is 10.0 Å². The average molecular weight is 308 g/mol. The van der Waals surface area contributed by atoms with E-state index in [1.165, 1.54) is 6.20 Å². The summed E-state index contributed by atoms with van der Waals surface area (Å²) >= 11 is 5.95. The fraction of sp³-hybridized carbons (Fsp3) is 0.600. The van der Waals surface area contributed by atoms with Gasteiger partial charge < -0.3 is 10.6 Å². The third-order valence-corrected chi connectivity index (χ3v) is 3.09. The van der Waals surface area contributed by atoms with Gasteiger partial charge in [-0.2, -0.15) is 4.98 Å². The van der Waals surface area contributed by atoms with Gasteiger partial charge in [-0.1, -0.05) is 11.6 Å². The first-order valence-corrected chi connectivity index (χ1v) is 8.14. The second-order valence-corrected chi connectivity index (χ2v) is 6.11. The molecule has 0 saturated carbocycles. The Labute approximate surface area is 118 Å². The van der Waals surface area contributed by atoms with Crippen molar-refractivity contribution in [3.63, 3.8) is 0 Å². The lowest BCUT2D eigenvalue weighted by Crippen LogP contribution is -2.24. The number of nitrogens with zero attached hydrogens (tertiary/aromatic N) is 2. The number of aromatic nitrogens is 2. The molecule has 1 aromatic heterocycles. The third kappa shape index (κ3) is 6.55. The second kappa shape index (κ2) is 7.46. The molecule has 0 aromatic carbocycles. The van der Waals surface area contributed by atoms with Crippen LogP contribution in [-0.4, -0.2) is 44.3 Å². The Hall–Kier alpha value is -1.12. The number of nitrogens with one attached hydrogen (secondary N) is 3. The first-order valence-electron chi connectivity index (χ1n) is 5.87. The number of halogens is 1. The van der Waals surface area contributed by atoms with Crippen LogP contribution in [-0.2, 0) is 10.0 Å². The molecule has 1 aromatic rings. The minimum Gasteiger partial charge on any atom is -0.369 e. The van der Waals surface area contributed by atoms with Crippen molar-refractivity contribution in [1.82, 2.24) is 14.7 Å².